The van der Waals surface area contributed by atoms with Gasteiger partial charge in [0.2, 0.25) is 5.95 Å². The Hall–Kier alpha value is -1.69. The van der Waals surface area contributed by atoms with Crippen molar-refractivity contribution in [2.75, 3.05) is 23.3 Å². The highest BCUT2D eigenvalue weighted by Gasteiger charge is 2.19. The van der Waals surface area contributed by atoms with Crippen LogP contribution in [0.3, 0.4) is 0 Å². The molecule has 1 saturated heterocycles. The SMILES string of the molecule is CC1CCCN(c2nncc(Nc3ccccc3Br)n2)C1. The topological polar surface area (TPSA) is 53.9 Å². The van der Waals surface area contributed by atoms with Gasteiger partial charge in [0, 0.05) is 17.6 Å². The van der Waals surface area contributed by atoms with Gasteiger partial charge >= 0.3 is 0 Å². The molecule has 5 nitrogen and oxygen atoms in total. The summed E-state index contributed by atoms with van der Waals surface area (Å²) in [6.07, 6.45) is 4.11. The second-order valence-electron chi connectivity index (χ2n) is 5.44. The van der Waals surface area contributed by atoms with E-state index in [0.29, 0.717) is 17.7 Å². The third-order valence-corrected chi connectivity index (χ3v) is 4.32. The van der Waals surface area contributed by atoms with Gasteiger partial charge in [0.1, 0.15) is 0 Å². The third-order valence-electron chi connectivity index (χ3n) is 3.62. The van der Waals surface area contributed by atoms with E-state index in [4.69, 9.17) is 0 Å². The van der Waals surface area contributed by atoms with Crippen LogP contribution in [-0.2, 0) is 0 Å². The van der Waals surface area contributed by atoms with Crippen molar-refractivity contribution in [3.05, 3.63) is 34.9 Å². The minimum absolute atomic E-state index is 0.683. The molecule has 110 valence electrons. The van der Waals surface area contributed by atoms with Crippen molar-refractivity contribution >= 4 is 33.4 Å². The van der Waals surface area contributed by atoms with Gasteiger partial charge in [-0.3, -0.25) is 0 Å². The first-order chi connectivity index (χ1) is 10.2. The van der Waals surface area contributed by atoms with Crippen molar-refractivity contribution in [3.63, 3.8) is 0 Å². The maximum Gasteiger partial charge on any atom is 0.247 e. The molecule has 1 atom stereocenters. The minimum atomic E-state index is 0.683. The van der Waals surface area contributed by atoms with Crippen molar-refractivity contribution in [2.24, 2.45) is 5.92 Å². The van der Waals surface area contributed by atoms with E-state index in [-0.39, 0.29) is 0 Å². The number of hydrogen-bond acceptors (Lipinski definition) is 5. The normalized spacial score (nSPS) is 18.6. The lowest BCUT2D eigenvalue weighted by Crippen LogP contribution is -2.35. The van der Waals surface area contributed by atoms with Gasteiger partial charge in [-0.2, -0.15) is 10.1 Å². The Kier molecular flexibility index (Phi) is 4.34. The Morgan fingerprint density at radius 2 is 2.19 bits per heavy atom. The summed E-state index contributed by atoms with van der Waals surface area (Å²) in [5.41, 5.74) is 0.968. The average Bonchev–Trinajstić information content (AvgIpc) is 2.50. The predicted octanol–water partition coefficient (Wildman–Crippen LogP) is 3.61. The van der Waals surface area contributed by atoms with Gasteiger partial charge in [0.15, 0.2) is 5.82 Å². The van der Waals surface area contributed by atoms with Crippen molar-refractivity contribution in [1.29, 1.82) is 0 Å². The van der Waals surface area contributed by atoms with Crippen molar-refractivity contribution in [2.45, 2.75) is 19.8 Å². The van der Waals surface area contributed by atoms with Crippen LogP contribution >= 0.6 is 15.9 Å². The fourth-order valence-corrected chi connectivity index (χ4v) is 2.94. The third kappa shape index (κ3) is 3.50. The summed E-state index contributed by atoms with van der Waals surface area (Å²) in [7, 11) is 0. The molecular weight excluding hydrogens is 330 g/mol. The fourth-order valence-electron chi connectivity index (χ4n) is 2.56. The summed E-state index contributed by atoms with van der Waals surface area (Å²) < 4.78 is 0.997. The number of piperidine rings is 1. The summed E-state index contributed by atoms with van der Waals surface area (Å²) >= 11 is 3.52. The molecule has 2 heterocycles. The number of nitrogens with zero attached hydrogens (tertiary/aromatic N) is 4. The maximum atomic E-state index is 4.59. The van der Waals surface area contributed by atoms with Crippen LogP contribution in [0.15, 0.2) is 34.9 Å². The second-order valence-corrected chi connectivity index (χ2v) is 6.29. The number of halogens is 1. The molecule has 1 unspecified atom stereocenters. The Balaban J connectivity index is 1.78. The van der Waals surface area contributed by atoms with Crippen LogP contribution in [0.2, 0.25) is 0 Å². The highest BCUT2D eigenvalue weighted by Crippen LogP contribution is 2.25. The zero-order valence-electron chi connectivity index (χ0n) is 12.0. The fraction of sp³-hybridized carbons (Fsp3) is 0.400. The predicted molar refractivity (Wildman–Crippen MR) is 87.9 cm³/mol. The van der Waals surface area contributed by atoms with E-state index >= 15 is 0 Å². The molecule has 1 aliphatic heterocycles. The van der Waals surface area contributed by atoms with Crippen LogP contribution in [-0.4, -0.2) is 28.3 Å². The van der Waals surface area contributed by atoms with E-state index in [0.717, 1.165) is 23.2 Å². The molecule has 0 amide bonds. The van der Waals surface area contributed by atoms with E-state index in [1.807, 2.05) is 24.3 Å². The first-order valence-corrected chi connectivity index (χ1v) is 7.98. The van der Waals surface area contributed by atoms with Crippen molar-refractivity contribution in [1.82, 2.24) is 15.2 Å². The Labute approximate surface area is 132 Å². The molecule has 1 aromatic carbocycles. The van der Waals surface area contributed by atoms with E-state index in [2.05, 4.69) is 48.3 Å². The Morgan fingerprint density at radius 1 is 1.33 bits per heavy atom. The van der Waals surface area contributed by atoms with Crippen molar-refractivity contribution < 1.29 is 0 Å². The van der Waals surface area contributed by atoms with Gasteiger partial charge in [-0.05, 0) is 46.8 Å². The number of hydrogen-bond donors (Lipinski definition) is 1. The number of para-hydroxylation sites is 1. The van der Waals surface area contributed by atoms with Crippen LogP contribution in [0, 0.1) is 5.92 Å². The lowest BCUT2D eigenvalue weighted by molar-refractivity contribution is 0.441. The molecule has 0 saturated carbocycles. The highest BCUT2D eigenvalue weighted by atomic mass is 79.9. The summed E-state index contributed by atoms with van der Waals surface area (Å²) in [6, 6.07) is 7.95. The number of anilines is 3. The second kappa shape index (κ2) is 6.39. The van der Waals surface area contributed by atoms with Crippen LogP contribution in [0.5, 0.6) is 0 Å². The van der Waals surface area contributed by atoms with Gasteiger partial charge in [-0.1, -0.05) is 19.1 Å². The number of nitrogens with one attached hydrogen (secondary N) is 1. The van der Waals surface area contributed by atoms with E-state index in [1.54, 1.807) is 6.20 Å². The van der Waals surface area contributed by atoms with E-state index < -0.39 is 0 Å². The molecule has 1 fully saturated rings. The van der Waals surface area contributed by atoms with E-state index in [9.17, 15) is 0 Å². The highest BCUT2D eigenvalue weighted by molar-refractivity contribution is 9.10. The van der Waals surface area contributed by atoms with Crippen molar-refractivity contribution in [3.8, 4) is 0 Å². The summed E-state index contributed by atoms with van der Waals surface area (Å²) in [5, 5.41) is 11.5. The summed E-state index contributed by atoms with van der Waals surface area (Å²) in [6.45, 7) is 4.27. The van der Waals surface area contributed by atoms with Crippen LogP contribution in [0.1, 0.15) is 19.8 Å². The molecule has 0 spiro atoms. The standard InChI is InChI=1S/C15H18BrN5/c1-11-5-4-8-21(10-11)15-19-14(9-17-20-15)18-13-7-3-2-6-12(13)16/h2-3,6-7,9,11H,4-5,8,10H2,1H3,(H,18,19,20). The molecular formula is C15H18BrN5. The molecule has 2 aromatic rings. The van der Waals surface area contributed by atoms with Gasteiger partial charge in [0.25, 0.3) is 0 Å². The lowest BCUT2D eigenvalue weighted by Gasteiger charge is -2.30. The first-order valence-electron chi connectivity index (χ1n) is 7.18. The zero-order chi connectivity index (χ0) is 14.7. The van der Waals surface area contributed by atoms with E-state index in [1.165, 1.54) is 12.8 Å². The van der Waals surface area contributed by atoms with Gasteiger partial charge < -0.3 is 10.2 Å². The molecule has 21 heavy (non-hydrogen) atoms. The number of aromatic nitrogens is 3. The van der Waals surface area contributed by atoms with Gasteiger partial charge in [-0.15, -0.1) is 5.10 Å². The molecule has 1 N–H and O–H groups in total. The molecule has 1 aliphatic rings. The lowest BCUT2D eigenvalue weighted by atomic mass is 10.0. The minimum Gasteiger partial charge on any atom is -0.339 e. The quantitative estimate of drug-likeness (QED) is 0.918. The van der Waals surface area contributed by atoms with Crippen LogP contribution < -0.4 is 10.2 Å². The number of benzene rings is 1. The molecule has 0 aliphatic carbocycles. The van der Waals surface area contributed by atoms with Crippen LogP contribution in [0.4, 0.5) is 17.5 Å². The Bertz CT molecular complexity index is 619. The summed E-state index contributed by atoms with van der Waals surface area (Å²) in [5.74, 6) is 2.10. The molecule has 0 radical (unpaired) electrons. The first kappa shape index (κ1) is 14.3. The summed E-state index contributed by atoms with van der Waals surface area (Å²) in [4.78, 5) is 6.80. The maximum absolute atomic E-state index is 4.59. The smallest absolute Gasteiger partial charge is 0.247 e. The largest absolute Gasteiger partial charge is 0.339 e. The molecule has 6 heteroatoms. The zero-order valence-corrected chi connectivity index (χ0v) is 13.5. The Morgan fingerprint density at radius 3 is 3.00 bits per heavy atom. The molecule has 3 rings (SSSR count). The molecule has 1 aromatic heterocycles. The van der Waals surface area contributed by atoms with Gasteiger partial charge in [0.05, 0.1) is 11.9 Å². The molecule has 0 bridgehead atoms. The average molecular weight is 348 g/mol. The monoisotopic (exact) mass is 347 g/mol. The van der Waals surface area contributed by atoms with Gasteiger partial charge in [-0.25, -0.2) is 0 Å². The van der Waals surface area contributed by atoms with Crippen LogP contribution in [0.25, 0.3) is 0 Å². The number of rotatable bonds is 3.